The molecule has 2 atom stereocenters. The largest absolute Gasteiger partial charge is 0.497 e. The number of nitrogens with one attached hydrogen (secondary N) is 1. The standard InChI is InChI=1S/C18H28N2O3/c1-13(2)20(18(21)12-22-3)11-15-9-19-10-17(15)14-6-5-7-16(8-14)23-4/h5-8,13,15,17,19H,9-12H2,1-4H3. The van der Waals surface area contributed by atoms with Crippen LogP contribution in [0.5, 0.6) is 5.75 Å². The molecule has 0 saturated carbocycles. The normalized spacial score (nSPS) is 20.7. The average Bonchev–Trinajstić information content (AvgIpc) is 3.00. The van der Waals surface area contributed by atoms with E-state index in [2.05, 4.69) is 31.3 Å². The highest BCUT2D eigenvalue weighted by Gasteiger charge is 2.32. The minimum atomic E-state index is 0.0544. The van der Waals surface area contributed by atoms with Gasteiger partial charge >= 0.3 is 0 Å². The first-order valence-corrected chi connectivity index (χ1v) is 8.19. The highest BCUT2D eigenvalue weighted by atomic mass is 16.5. The third kappa shape index (κ3) is 4.45. The molecule has 2 rings (SSSR count). The lowest BCUT2D eigenvalue weighted by Crippen LogP contribution is -2.43. The van der Waals surface area contributed by atoms with Crippen molar-refractivity contribution in [2.45, 2.75) is 25.8 Å². The van der Waals surface area contributed by atoms with Gasteiger partial charge in [-0.05, 0) is 37.5 Å². The van der Waals surface area contributed by atoms with Gasteiger partial charge in [0, 0.05) is 38.7 Å². The predicted molar refractivity (Wildman–Crippen MR) is 90.8 cm³/mol. The van der Waals surface area contributed by atoms with E-state index in [0.29, 0.717) is 11.8 Å². The summed E-state index contributed by atoms with van der Waals surface area (Å²) in [7, 11) is 3.25. The minimum absolute atomic E-state index is 0.0544. The minimum Gasteiger partial charge on any atom is -0.497 e. The number of carbonyl (C=O) groups is 1. The number of amides is 1. The van der Waals surface area contributed by atoms with Gasteiger partial charge in [0.25, 0.3) is 0 Å². The highest BCUT2D eigenvalue weighted by molar-refractivity contribution is 5.77. The molecule has 0 bridgehead atoms. The van der Waals surface area contributed by atoms with E-state index in [9.17, 15) is 4.79 Å². The fourth-order valence-electron chi connectivity index (χ4n) is 3.25. The number of nitrogens with zero attached hydrogens (tertiary/aromatic N) is 1. The van der Waals surface area contributed by atoms with E-state index in [1.165, 1.54) is 5.56 Å². The summed E-state index contributed by atoms with van der Waals surface area (Å²) < 4.78 is 10.4. The Hall–Kier alpha value is -1.59. The zero-order chi connectivity index (χ0) is 16.8. The molecule has 0 aromatic heterocycles. The SMILES string of the molecule is COCC(=O)N(CC1CNCC1c1cccc(OC)c1)C(C)C. The van der Waals surface area contributed by atoms with Gasteiger partial charge in [0.1, 0.15) is 12.4 Å². The van der Waals surface area contributed by atoms with Crippen LogP contribution in [0.3, 0.4) is 0 Å². The maximum atomic E-state index is 12.3. The van der Waals surface area contributed by atoms with E-state index < -0.39 is 0 Å². The van der Waals surface area contributed by atoms with Crippen molar-refractivity contribution < 1.29 is 14.3 Å². The predicted octanol–water partition coefficient (Wildman–Crippen LogP) is 1.88. The fourth-order valence-corrected chi connectivity index (χ4v) is 3.25. The molecule has 1 aromatic rings. The maximum Gasteiger partial charge on any atom is 0.248 e. The van der Waals surface area contributed by atoms with E-state index in [1.807, 2.05) is 17.0 Å². The van der Waals surface area contributed by atoms with Crippen LogP contribution in [0.1, 0.15) is 25.3 Å². The van der Waals surface area contributed by atoms with Crippen LogP contribution in [0, 0.1) is 5.92 Å². The first-order chi connectivity index (χ1) is 11.1. The van der Waals surface area contributed by atoms with Crippen molar-refractivity contribution >= 4 is 5.91 Å². The Balaban J connectivity index is 2.12. The van der Waals surface area contributed by atoms with Crippen molar-refractivity contribution in [3.8, 4) is 5.75 Å². The smallest absolute Gasteiger partial charge is 0.248 e. The van der Waals surface area contributed by atoms with Gasteiger partial charge in [0.2, 0.25) is 5.91 Å². The number of rotatable bonds is 7. The van der Waals surface area contributed by atoms with Crippen LogP contribution in [0.15, 0.2) is 24.3 Å². The quantitative estimate of drug-likeness (QED) is 0.833. The average molecular weight is 320 g/mol. The van der Waals surface area contributed by atoms with Crippen LogP contribution in [-0.4, -0.2) is 57.3 Å². The van der Waals surface area contributed by atoms with Gasteiger partial charge in [0.05, 0.1) is 7.11 Å². The molecule has 1 amide bonds. The van der Waals surface area contributed by atoms with Crippen molar-refractivity contribution in [1.29, 1.82) is 0 Å². The monoisotopic (exact) mass is 320 g/mol. The Morgan fingerprint density at radius 2 is 2.13 bits per heavy atom. The first kappa shape index (κ1) is 17.8. The second-order valence-corrected chi connectivity index (χ2v) is 6.37. The molecular weight excluding hydrogens is 292 g/mol. The van der Waals surface area contributed by atoms with Crippen LogP contribution in [0.2, 0.25) is 0 Å². The Bertz CT molecular complexity index is 519. The lowest BCUT2D eigenvalue weighted by molar-refractivity contribution is -0.137. The highest BCUT2D eigenvalue weighted by Crippen LogP contribution is 2.31. The topological polar surface area (TPSA) is 50.8 Å². The second-order valence-electron chi connectivity index (χ2n) is 6.37. The Morgan fingerprint density at radius 1 is 1.35 bits per heavy atom. The molecule has 1 aromatic carbocycles. The lowest BCUT2D eigenvalue weighted by atomic mass is 9.88. The molecule has 1 N–H and O–H groups in total. The molecule has 0 aliphatic carbocycles. The summed E-state index contributed by atoms with van der Waals surface area (Å²) >= 11 is 0. The Labute approximate surface area is 139 Å². The van der Waals surface area contributed by atoms with Crippen molar-refractivity contribution in [3.63, 3.8) is 0 Å². The zero-order valence-electron chi connectivity index (χ0n) is 14.5. The molecule has 1 aliphatic rings. The summed E-state index contributed by atoms with van der Waals surface area (Å²) in [4.78, 5) is 14.2. The molecule has 5 heteroatoms. The van der Waals surface area contributed by atoms with Crippen molar-refractivity contribution in [2.24, 2.45) is 5.92 Å². The first-order valence-electron chi connectivity index (χ1n) is 8.19. The lowest BCUT2D eigenvalue weighted by Gasteiger charge is -2.31. The number of benzene rings is 1. The van der Waals surface area contributed by atoms with Crippen molar-refractivity contribution in [1.82, 2.24) is 10.2 Å². The van der Waals surface area contributed by atoms with Crippen LogP contribution in [0.25, 0.3) is 0 Å². The summed E-state index contributed by atoms with van der Waals surface area (Å²) in [6, 6.07) is 8.40. The van der Waals surface area contributed by atoms with E-state index in [1.54, 1.807) is 14.2 Å². The molecule has 5 nitrogen and oxygen atoms in total. The molecule has 2 unspecified atom stereocenters. The van der Waals surface area contributed by atoms with Gasteiger partial charge in [-0.2, -0.15) is 0 Å². The molecule has 1 heterocycles. The summed E-state index contributed by atoms with van der Waals surface area (Å²) in [5.41, 5.74) is 1.27. The van der Waals surface area contributed by atoms with Crippen molar-refractivity contribution in [2.75, 3.05) is 40.5 Å². The number of hydrogen-bond acceptors (Lipinski definition) is 4. The van der Waals surface area contributed by atoms with Gasteiger partial charge in [-0.25, -0.2) is 0 Å². The van der Waals surface area contributed by atoms with Crippen LogP contribution >= 0.6 is 0 Å². The molecule has 1 saturated heterocycles. The summed E-state index contributed by atoms with van der Waals surface area (Å²) in [6.07, 6.45) is 0. The van der Waals surface area contributed by atoms with Gasteiger partial charge < -0.3 is 19.7 Å². The number of methoxy groups -OCH3 is 2. The third-order valence-electron chi connectivity index (χ3n) is 4.50. The summed E-state index contributed by atoms with van der Waals surface area (Å²) in [5.74, 6) is 1.72. The Kier molecular flexibility index (Phi) is 6.42. The molecule has 128 valence electrons. The van der Waals surface area contributed by atoms with Gasteiger partial charge in [-0.1, -0.05) is 12.1 Å². The summed E-state index contributed by atoms with van der Waals surface area (Å²) in [5, 5.41) is 3.46. The third-order valence-corrected chi connectivity index (χ3v) is 4.50. The van der Waals surface area contributed by atoms with Gasteiger partial charge in [-0.15, -0.1) is 0 Å². The van der Waals surface area contributed by atoms with E-state index in [0.717, 1.165) is 25.4 Å². The molecule has 0 radical (unpaired) electrons. The molecule has 23 heavy (non-hydrogen) atoms. The van der Waals surface area contributed by atoms with Crippen LogP contribution < -0.4 is 10.1 Å². The van der Waals surface area contributed by atoms with Crippen molar-refractivity contribution in [3.05, 3.63) is 29.8 Å². The van der Waals surface area contributed by atoms with Gasteiger partial charge in [0.15, 0.2) is 0 Å². The molecule has 1 aliphatic heterocycles. The van der Waals surface area contributed by atoms with E-state index in [4.69, 9.17) is 9.47 Å². The second kappa shape index (κ2) is 8.31. The zero-order valence-corrected chi connectivity index (χ0v) is 14.5. The maximum absolute atomic E-state index is 12.3. The van der Waals surface area contributed by atoms with E-state index in [-0.39, 0.29) is 18.6 Å². The number of ether oxygens (including phenoxy) is 2. The van der Waals surface area contributed by atoms with E-state index >= 15 is 0 Å². The molecule has 1 fully saturated rings. The number of carbonyl (C=O) groups excluding carboxylic acids is 1. The fraction of sp³-hybridized carbons (Fsp3) is 0.611. The van der Waals surface area contributed by atoms with Gasteiger partial charge in [-0.3, -0.25) is 4.79 Å². The molecule has 0 spiro atoms. The molecular formula is C18H28N2O3. The Morgan fingerprint density at radius 3 is 2.78 bits per heavy atom. The number of hydrogen-bond donors (Lipinski definition) is 1. The summed E-state index contributed by atoms with van der Waals surface area (Å²) in [6.45, 7) is 6.84. The van der Waals surface area contributed by atoms with Crippen LogP contribution in [-0.2, 0) is 9.53 Å². The van der Waals surface area contributed by atoms with Crippen LogP contribution in [0.4, 0.5) is 0 Å².